The molecule has 1 N–H and O–H groups in total. The van der Waals surface area contributed by atoms with Crippen molar-refractivity contribution in [3.05, 3.63) is 75.9 Å². The van der Waals surface area contributed by atoms with Gasteiger partial charge in [-0.2, -0.15) is 5.10 Å². The first kappa shape index (κ1) is 26.6. The lowest BCUT2D eigenvalue weighted by Gasteiger charge is -2.24. The van der Waals surface area contributed by atoms with Crippen LogP contribution in [0.4, 0.5) is 5.82 Å². The summed E-state index contributed by atoms with van der Waals surface area (Å²) in [6.45, 7) is 9.27. The molecule has 0 radical (unpaired) electrons. The van der Waals surface area contributed by atoms with E-state index < -0.39 is 0 Å². The molecule has 2 aromatic carbocycles. The van der Waals surface area contributed by atoms with E-state index in [1.54, 1.807) is 21.7 Å². The molecule has 3 rings (SSSR count). The summed E-state index contributed by atoms with van der Waals surface area (Å²) in [5.74, 6) is 0.116. The zero-order valence-electron chi connectivity index (χ0n) is 21.3. The highest BCUT2D eigenvalue weighted by Crippen LogP contribution is 2.27. The standard InChI is InChI=1S/C27H34BrN5O2/c1-19-10-7-8-13-22(19)33-24(17-23(30-33)27(2,3)4)29-25(34)18-32(15-14-31(5)6)26(35)20-11-9-12-21(28)16-20/h7-13,16-17H,14-15,18H2,1-6H3,(H,29,34). The van der Waals surface area contributed by atoms with Crippen molar-refractivity contribution < 1.29 is 9.59 Å². The fourth-order valence-electron chi connectivity index (χ4n) is 3.55. The average molecular weight is 541 g/mol. The first-order chi connectivity index (χ1) is 16.5. The quantitative estimate of drug-likeness (QED) is 0.442. The Morgan fingerprint density at radius 1 is 1.03 bits per heavy atom. The van der Waals surface area contributed by atoms with Crippen LogP contribution in [0.3, 0.4) is 0 Å². The van der Waals surface area contributed by atoms with Crippen LogP contribution in [-0.4, -0.2) is 65.1 Å². The van der Waals surface area contributed by atoms with Crippen LogP contribution in [0.5, 0.6) is 0 Å². The third-order valence-corrected chi connectivity index (χ3v) is 6.09. The molecule has 0 saturated heterocycles. The molecular formula is C27H34BrN5O2. The van der Waals surface area contributed by atoms with Gasteiger partial charge in [-0.1, -0.05) is 61.0 Å². The molecule has 0 aliphatic rings. The lowest BCUT2D eigenvalue weighted by atomic mass is 9.92. The highest BCUT2D eigenvalue weighted by Gasteiger charge is 2.24. The van der Waals surface area contributed by atoms with Crippen LogP contribution in [0.2, 0.25) is 0 Å². The van der Waals surface area contributed by atoms with Crippen molar-refractivity contribution in [2.75, 3.05) is 39.0 Å². The van der Waals surface area contributed by atoms with E-state index in [2.05, 4.69) is 42.0 Å². The molecule has 7 nitrogen and oxygen atoms in total. The number of likely N-dealkylation sites (N-methyl/N-ethyl adjacent to an activating group) is 1. The number of halogens is 1. The minimum absolute atomic E-state index is 0.0665. The van der Waals surface area contributed by atoms with Crippen LogP contribution in [0, 0.1) is 6.92 Å². The zero-order chi connectivity index (χ0) is 25.8. The molecule has 3 aromatic rings. The predicted octanol–water partition coefficient (Wildman–Crippen LogP) is 4.88. The van der Waals surface area contributed by atoms with Gasteiger partial charge in [-0.05, 0) is 50.8 Å². The predicted molar refractivity (Wildman–Crippen MR) is 144 cm³/mol. The summed E-state index contributed by atoms with van der Waals surface area (Å²) >= 11 is 3.42. The van der Waals surface area contributed by atoms with Crippen molar-refractivity contribution in [1.29, 1.82) is 0 Å². The van der Waals surface area contributed by atoms with Gasteiger partial charge in [-0.25, -0.2) is 4.68 Å². The van der Waals surface area contributed by atoms with Gasteiger partial charge in [-0.3, -0.25) is 9.59 Å². The van der Waals surface area contributed by atoms with Gasteiger partial charge in [-0.15, -0.1) is 0 Å². The Kier molecular flexibility index (Phi) is 8.51. The van der Waals surface area contributed by atoms with E-state index in [0.717, 1.165) is 21.4 Å². The maximum atomic E-state index is 13.3. The van der Waals surface area contributed by atoms with Crippen molar-refractivity contribution in [2.45, 2.75) is 33.1 Å². The summed E-state index contributed by atoms with van der Waals surface area (Å²) in [6.07, 6.45) is 0. The van der Waals surface area contributed by atoms with E-state index in [-0.39, 0.29) is 23.8 Å². The normalized spacial score (nSPS) is 11.5. The summed E-state index contributed by atoms with van der Waals surface area (Å²) < 4.78 is 2.59. The molecule has 0 spiro atoms. The summed E-state index contributed by atoms with van der Waals surface area (Å²) in [7, 11) is 3.88. The summed E-state index contributed by atoms with van der Waals surface area (Å²) in [6, 6.07) is 17.0. The maximum absolute atomic E-state index is 13.3. The van der Waals surface area contributed by atoms with Crippen molar-refractivity contribution in [3.8, 4) is 5.69 Å². The summed E-state index contributed by atoms with van der Waals surface area (Å²) in [5, 5.41) is 7.82. The number of anilines is 1. The van der Waals surface area contributed by atoms with E-state index in [9.17, 15) is 9.59 Å². The molecule has 35 heavy (non-hydrogen) atoms. The van der Waals surface area contributed by atoms with Crippen LogP contribution < -0.4 is 5.32 Å². The Balaban J connectivity index is 1.88. The molecule has 0 atom stereocenters. The van der Waals surface area contributed by atoms with Gasteiger partial charge in [0.1, 0.15) is 12.4 Å². The molecule has 0 saturated carbocycles. The topological polar surface area (TPSA) is 70.5 Å². The molecule has 0 aliphatic heterocycles. The highest BCUT2D eigenvalue weighted by molar-refractivity contribution is 9.10. The fourth-order valence-corrected chi connectivity index (χ4v) is 3.95. The van der Waals surface area contributed by atoms with Crippen LogP contribution in [0.15, 0.2) is 59.1 Å². The SMILES string of the molecule is Cc1ccccc1-n1nc(C(C)(C)C)cc1NC(=O)CN(CCN(C)C)C(=O)c1cccc(Br)c1. The third kappa shape index (κ3) is 7.02. The number of hydrogen-bond donors (Lipinski definition) is 1. The van der Waals surface area contributed by atoms with Gasteiger partial charge in [0.15, 0.2) is 0 Å². The Bertz CT molecular complexity index is 1200. The van der Waals surface area contributed by atoms with E-state index in [1.165, 1.54) is 0 Å². The summed E-state index contributed by atoms with van der Waals surface area (Å²) in [5.41, 5.74) is 3.15. The van der Waals surface area contributed by atoms with E-state index >= 15 is 0 Å². The van der Waals surface area contributed by atoms with Crippen LogP contribution in [-0.2, 0) is 10.2 Å². The van der Waals surface area contributed by atoms with Crippen LogP contribution in [0.1, 0.15) is 42.4 Å². The molecule has 8 heteroatoms. The number of nitrogens with zero attached hydrogens (tertiary/aromatic N) is 4. The van der Waals surface area contributed by atoms with Crippen molar-refractivity contribution in [1.82, 2.24) is 19.6 Å². The number of rotatable bonds is 8. The number of carbonyl (C=O) groups excluding carboxylic acids is 2. The number of carbonyl (C=O) groups is 2. The van der Waals surface area contributed by atoms with Gasteiger partial charge in [0.2, 0.25) is 5.91 Å². The number of nitrogens with one attached hydrogen (secondary N) is 1. The molecule has 0 fully saturated rings. The number of aryl methyl sites for hydroxylation is 1. The first-order valence-corrected chi connectivity index (χ1v) is 12.4. The molecule has 1 heterocycles. The largest absolute Gasteiger partial charge is 0.328 e. The molecule has 0 aliphatic carbocycles. The second-order valence-corrected chi connectivity index (χ2v) is 10.9. The van der Waals surface area contributed by atoms with Crippen molar-refractivity contribution in [2.24, 2.45) is 0 Å². The van der Waals surface area contributed by atoms with E-state index in [1.807, 2.05) is 68.4 Å². The van der Waals surface area contributed by atoms with E-state index in [0.29, 0.717) is 24.5 Å². The lowest BCUT2D eigenvalue weighted by Crippen LogP contribution is -2.41. The summed E-state index contributed by atoms with van der Waals surface area (Å²) in [4.78, 5) is 30.1. The Morgan fingerprint density at radius 2 is 1.74 bits per heavy atom. The van der Waals surface area contributed by atoms with Crippen LogP contribution in [0.25, 0.3) is 5.69 Å². The smallest absolute Gasteiger partial charge is 0.254 e. The molecule has 2 amide bonds. The van der Waals surface area contributed by atoms with Crippen molar-refractivity contribution in [3.63, 3.8) is 0 Å². The number of benzene rings is 2. The Labute approximate surface area is 216 Å². The monoisotopic (exact) mass is 539 g/mol. The van der Waals surface area contributed by atoms with Gasteiger partial charge >= 0.3 is 0 Å². The number of amides is 2. The van der Waals surface area contributed by atoms with Crippen molar-refractivity contribution >= 4 is 33.6 Å². The number of hydrogen-bond acceptors (Lipinski definition) is 4. The molecule has 0 bridgehead atoms. The van der Waals surface area contributed by atoms with Gasteiger partial charge in [0.05, 0.1) is 11.4 Å². The third-order valence-electron chi connectivity index (χ3n) is 5.60. The Morgan fingerprint density at radius 3 is 2.37 bits per heavy atom. The molecule has 1 aromatic heterocycles. The second-order valence-electron chi connectivity index (χ2n) is 9.95. The van der Waals surface area contributed by atoms with Gasteiger partial charge in [0.25, 0.3) is 5.91 Å². The molecular weight excluding hydrogens is 506 g/mol. The second kappa shape index (κ2) is 11.2. The zero-order valence-corrected chi connectivity index (χ0v) is 22.9. The minimum Gasteiger partial charge on any atom is -0.328 e. The first-order valence-electron chi connectivity index (χ1n) is 11.6. The number of para-hydroxylation sites is 1. The number of aromatic nitrogens is 2. The lowest BCUT2D eigenvalue weighted by molar-refractivity contribution is -0.117. The van der Waals surface area contributed by atoms with E-state index in [4.69, 9.17) is 5.10 Å². The Hall–Kier alpha value is -2.97. The van der Waals surface area contributed by atoms with Gasteiger partial charge in [0, 0.05) is 34.6 Å². The fraction of sp³-hybridized carbons (Fsp3) is 0.370. The van der Waals surface area contributed by atoms with Crippen LogP contribution >= 0.6 is 15.9 Å². The highest BCUT2D eigenvalue weighted by atomic mass is 79.9. The maximum Gasteiger partial charge on any atom is 0.254 e. The molecule has 186 valence electrons. The molecule has 0 unspecified atom stereocenters. The average Bonchev–Trinajstić information content (AvgIpc) is 3.20. The minimum atomic E-state index is -0.276. The van der Waals surface area contributed by atoms with Gasteiger partial charge < -0.3 is 15.1 Å².